The lowest BCUT2D eigenvalue weighted by Crippen LogP contribution is -2.22. The van der Waals surface area contributed by atoms with Gasteiger partial charge in [0.25, 0.3) is 5.92 Å². The summed E-state index contributed by atoms with van der Waals surface area (Å²) in [7, 11) is 0. The highest BCUT2D eigenvalue weighted by atomic mass is 19.3. The minimum Gasteiger partial charge on any atom is -0.398 e. The number of nitriles is 2. The SMILES string of the molecule is N#Cc1ccc(-c2c(F)cc([C@H]3CC[C@H](F)c4cc(F)cc(C#N)c43)c3c2[C@H](O)C(F)(F)C3)c(N)c1. The number of benzene rings is 3. The molecular formula is C27H18F5N3O. The van der Waals surface area contributed by atoms with Gasteiger partial charge in [0.15, 0.2) is 0 Å². The normalized spacial score (nSPS) is 21.8. The lowest BCUT2D eigenvalue weighted by molar-refractivity contribution is -0.0967. The third kappa shape index (κ3) is 3.51. The van der Waals surface area contributed by atoms with Crippen LogP contribution in [0, 0.1) is 34.3 Å². The number of nitrogens with zero attached hydrogens (tertiary/aromatic N) is 2. The Kier molecular flexibility index (Phi) is 5.50. The number of aliphatic hydroxyl groups excluding tert-OH is 1. The van der Waals surface area contributed by atoms with Crippen molar-refractivity contribution in [3.8, 4) is 23.3 Å². The molecule has 0 amide bonds. The molecule has 2 aliphatic carbocycles. The van der Waals surface area contributed by atoms with Gasteiger partial charge < -0.3 is 10.8 Å². The van der Waals surface area contributed by atoms with Crippen molar-refractivity contribution < 1.29 is 27.1 Å². The average Bonchev–Trinajstić information content (AvgIpc) is 3.08. The van der Waals surface area contributed by atoms with Gasteiger partial charge >= 0.3 is 0 Å². The van der Waals surface area contributed by atoms with Gasteiger partial charge in [0.2, 0.25) is 0 Å². The highest BCUT2D eigenvalue weighted by Crippen LogP contribution is 2.54. The summed E-state index contributed by atoms with van der Waals surface area (Å²) >= 11 is 0. The summed E-state index contributed by atoms with van der Waals surface area (Å²) in [5.74, 6) is -6.24. The first-order chi connectivity index (χ1) is 17.1. The zero-order chi connectivity index (χ0) is 25.9. The number of hydrogen-bond acceptors (Lipinski definition) is 4. The second-order valence-corrected chi connectivity index (χ2v) is 9.13. The van der Waals surface area contributed by atoms with Crippen LogP contribution in [0.5, 0.6) is 0 Å². The molecule has 0 saturated heterocycles. The minimum atomic E-state index is -3.62. The summed E-state index contributed by atoms with van der Waals surface area (Å²) in [4.78, 5) is 0. The third-order valence-corrected chi connectivity index (χ3v) is 7.07. The first-order valence-corrected chi connectivity index (χ1v) is 11.2. The van der Waals surface area contributed by atoms with E-state index >= 15 is 4.39 Å². The number of anilines is 1. The quantitative estimate of drug-likeness (QED) is 0.331. The van der Waals surface area contributed by atoms with Gasteiger partial charge in [-0.15, -0.1) is 0 Å². The molecule has 0 radical (unpaired) electrons. The summed E-state index contributed by atoms with van der Waals surface area (Å²) in [5, 5.41) is 29.3. The lowest BCUT2D eigenvalue weighted by atomic mass is 9.74. The Hall–Kier alpha value is -3.95. The van der Waals surface area contributed by atoms with Crippen LogP contribution in [-0.2, 0) is 6.42 Å². The number of nitrogen functional groups attached to an aromatic ring is 1. The van der Waals surface area contributed by atoms with Crippen molar-refractivity contribution in [2.75, 3.05) is 5.73 Å². The van der Waals surface area contributed by atoms with Crippen LogP contribution in [0.4, 0.5) is 27.6 Å². The van der Waals surface area contributed by atoms with E-state index in [0.717, 1.165) is 18.2 Å². The van der Waals surface area contributed by atoms with Gasteiger partial charge in [0, 0.05) is 34.7 Å². The fourth-order valence-electron chi connectivity index (χ4n) is 5.52. The number of fused-ring (bicyclic) bond motifs is 2. The van der Waals surface area contributed by atoms with Crippen molar-refractivity contribution in [2.24, 2.45) is 0 Å². The molecule has 0 fully saturated rings. The number of hydrogen-bond donors (Lipinski definition) is 2. The second-order valence-electron chi connectivity index (χ2n) is 9.13. The van der Waals surface area contributed by atoms with E-state index in [1.807, 2.05) is 12.1 Å². The molecule has 3 N–H and O–H groups in total. The van der Waals surface area contributed by atoms with Gasteiger partial charge in [-0.25, -0.2) is 22.0 Å². The van der Waals surface area contributed by atoms with E-state index < -0.39 is 42.2 Å². The summed E-state index contributed by atoms with van der Waals surface area (Å²) in [6, 6.07) is 10.7. The molecule has 3 aromatic rings. The van der Waals surface area contributed by atoms with Crippen LogP contribution >= 0.6 is 0 Å². The van der Waals surface area contributed by atoms with Crippen LogP contribution in [0.25, 0.3) is 11.1 Å². The molecule has 3 aromatic carbocycles. The van der Waals surface area contributed by atoms with Crippen molar-refractivity contribution in [2.45, 2.75) is 43.4 Å². The maximum atomic E-state index is 15.8. The van der Waals surface area contributed by atoms with Crippen LogP contribution in [0.2, 0.25) is 0 Å². The van der Waals surface area contributed by atoms with Crippen molar-refractivity contribution >= 4 is 5.69 Å². The van der Waals surface area contributed by atoms with Crippen molar-refractivity contribution in [1.29, 1.82) is 10.5 Å². The van der Waals surface area contributed by atoms with Crippen LogP contribution in [0.15, 0.2) is 36.4 Å². The minimum absolute atomic E-state index is 0.0193. The van der Waals surface area contributed by atoms with E-state index in [0.29, 0.717) is 0 Å². The highest BCUT2D eigenvalue weighted by molar-refractivity contribution is 5.82. The lowest BCUT2D eigenvalue weighted by Gasteiger charge is -2.31. The van der Waals surface area contributed by atoms with Gasteiger partial charge in [-0.2, -0.15) is 10.5 Å². The fourth-order valence-corrected chi connectivity index (χ4v) is 5.52. The molecule has 0 unspecified atom stereocenters. The average molecular weight is 495 g/mol. The van der Waals surface area contributed by atoms with Crippen LogP contribution in [-0.4, -0.2) is 11.0 Å². The van der Waals surface area contributed by atoms with E-state index in [1.54, 1.807) is 0 Å². The number of nitrogens with two attached hydrogens (primary N) is 1. The molecule has 0 aromatic heterocycles. The number of alkyl halides is 3. The first kappa shape index (κ1) is 23.8. The molecule has 3 atom stereocenters. The molecule has 0 aliphatic heterocycles. The van der Waals surface area contributed by atoms with E-state index in [-0.39, 0.29) is 68.6 Å². The summed E-state index contributed by atoms with van der Waals surface area (Å²) in [5.41, 5.74) is 5.55. The first-order valence-electron chi connectivity index (χ1n) is 11.2. The van der Waals surface area contributed by atoms with Crippen molar-refractivity contribution in [3.05, 3.63) is 87.0 Å². The molecule has 0 heterocycles. The Morgan fingerprint density at radius 2 is 1.72 bits per heavy atom. The Bertz CT molecular complexity index is 1500. The van der Waals surface area contributed by atoms with Gasteiger partial charge in [-0.3, -0.25) is 0 Å². The van der Waals surface area contributed by atoms with Gasteiger partial charge in [-0.1, -0.05) is 6.07 Å². The molecule has 5 rings (SSSR count). The van der Waals surface area contributed by atoms with Crippen molar-refractivity contribution in [1.82, 2.24) is 0 Å². The topological polar surface area (TPSA) is 93.8 Å². The zero-order valence-electron chi connectivity index (χ0n) is 18.6. The molecule has 9 heteroatoms. The maximum absolute atomic E-state index is 15.8. The summed E-state index contributed by atoms with van der Waals surface area (Å²) < 4.78 is 74.3. The number of aliphatic hydroxyl groups is 1. The predicted octanol–water partition coefficient (Wildman–Crippen LogP) is 6.12. The van der Waals surface area contributed by atoms with E-state index in [9.17, 15) is 27.9 Å². The third-order valence-electron chi connectivity index (χ3n) is 7.07. The molecule has 0 spiro atoms. The molecule has 36 heavy (non-hydrogen) atoms. The highest BCUT2D eigenvalue weighted by Gasteiger charge is 2.50. The van der Waals surface area contributed by atoms with Gasteiger partial charge in [0.1, 0.15) is 23.9 Å². The Morgan fingerprint density at radius 3 is 2.39 bits per heavy atom. The monoisotopic (exact) mass is 495 g/mol. The van der Waals surface area contributed by atoms with Crippen molar-refractivity contribution in [3.63, 3.8) is 0 Å². The number of halogens is 5. The van der Waals surface area contributed by atoms with Crippen LogP contribution < -0.4 is 5.73 Å². The molecule has 0 saturated carbocycles. The van der Waals surface area contributed by atoms with E-state index in [4.69, 9.17) is 11.0 Å². The smallest absolute Gasteiger partial charge is 0.281 e. The zero-order valence-corrected chi connectivity index (χ0v) is 18.6. The summed E-state index contributed by atoms with van der Waals surface area (Å²) in [6.45, 7) is 0. The molecular weight excluding hydrogens is 477 g/mol. The predicted molar refractivity (Wildman–Crippen MR) is 121 cm³/mol. The Balaban J connectivity index is 1.79. The molecule has 4 nitrogen and oxygen atoms in total. The fraction of sp³-hybridized carbons (Fsp3) is 0.259. The number of rotatable bonds is 2. The summed E-state index contributed by atoms with van der Waals surface area (Å²) in [6.07, 6.45) is -4.82. The Morgan fingerprint density at radius 1 is 0.972 bits per heavy atom. The second kappa shape index (κ2) is 8.32. The Labute approximate surface area is 203 Å². The van der Waals surface area contributed by atoms with E-state index in [2.05, 4.69) is 0 Å². The maximum Gasteiger partial charge on any atom is 0.281 e. The van der Waals surface area contributed by atoms with E-state index in [1.165, 1.54) is 18.2 Å². The van der Waals surface area contributed by atoms with Gasteiger partial charge in [-0.05, 0) is 65.4 Å². The van der Waals surface area contributed by atoms with Crippen LogP contribution in [0.1, 0.15) is 70.0 Å². The van der Waals surface area contributed by atoms with Gasteiger partial charge in [0.05, 0.1) is 23.3 Å². The molecule has 2 aliphatic rings. The largest absolute Gasteiger partial charge is 0.398 e. The standard InChI is InChI=1S/C27H18F5N3O/c28-14-6-13(11-34)23-15(3-4-20(29)18(23)7-14)17-8-21(30)24(16-2-1-12(10-33)5-22(16)35)25-19(17)9-27(31,32)26(25)36/h1-2,5-8,15,20,26,36H,3-4,9,35H2/t15-,20+,26+/m1/s1. The molecule has 0 bridgehead atoms. The molecule has 182 valence electrons. The van der Waals surface area contributed by atoms with Crippen LogP contribution in [0.3, 0.4) is 0 Å².